The highest BCUT2D eigenvalue weighted by Crippen LogP contribution is 2.25. The number of nitrogens with one attached hydrogen (secondary N) is 1. The molecule has 0 spiro atoms. The maximum absolute atomic E-state index is 12.8. The Labute approximate surface area is 189 Å². The van der Waals surface area contributed by atoms with Gasteiger partial charge in [-0.05, 0) is 68.8 Å². The molecule has 0 radical (unpaired) electrons. The number of carbonyl (C=O) groups is 1. The number of fused-ring (bicyclic) bond motifs is 1. The van der Waals surface area contributed by atoms with Crippen molar-refractivity contribution < 1.29 is 4.79 Å². The van der Waals surface area contributed by atoms with E-state index >= 15 is 0 Å². The molecule has 1 aromatic carbocycles. The molecule has 0 unspecified atom stereocenters. The highest BCUT2D eigenvalue weighted by atomic mass is 16.1. The molecule has 2 aliphatic rings. The summed E-state index contributed by atoms with van der Waals surface area (Å²) in [4.78, 5) is 28.5. The van der Waals surface area contributed by atoms with Crippen LogP contribution in [0.3, 0.4) is 0 Å². The highest BCUT2D eigenvalue weighted by Gasteiger charge is 2.24. The molecule has 1 amide bonds. The standard InChI is InChI=1S/C26H31N5O/c32-26(30-21-5-1-2-6-21)23-16-27-18-29-25(23)15-19-10-13-31(14-11-19)17-20-9-12-28-24-8-4-3-7-22(20)24/h3-4,7-9,12,16,18-19,21H,1-2,5-6,10-11,13-15,17H2,(H,30,32). The third kappa shape index (κ3) is 4.80. The molecule has 2 fully saturated rings. The summed E-state index contributed by atoms with van der Waals surface area (Å²) < 4.78 is 0. The second kappa shape index (κ2) is 9.74. The predicted octanol–water partition coefficient (Wildman–Crippen LogP) is 4.15. The molecule has 1 N–H and O–H groups in total. The molecule has 2 aromatic heterocycles. The quantitative estimate of drug-likeness (QED) is 0.637. The van der Waals surface area contributed by atoms with Crippen LogP contribution in [0.4, 0.5) is 0 Å². The fourth-order valence-electron chi connectivity index (χ4n) is 5.20. The van der Waals surface area contributed by atoms with E-state index in [0.29, 0.717) is 17.5 Å². The summed E-state index contributed by atoms with van der Waals surface area (Å²) in [5.74, 6) is 0.544. The van der Waals surface area contributed by atoms with Crippen molar-refractivity contribution in [3.05, 3.63) is 65.9 Å². The molecule has 3 heterocycles. The van der Waals surface area contributed by atoms with Crippen LogP contribution in [0.2, 0.25) is 0 Å². The number of hydrogen-bond acceptors (Lipinski definition) is 5. The average molecular weight is 430 g/mol. The summed E-state index contributed by atoms with van der Waals surface area (Å²) in [6.07, 6.45) is 12.8. The summed E-state index contributed by atoms with van der Waals surface area (Å²) in [5.41, 5.74) is 3.96. The number of aromatic nitrogens is 3. The molecule has 0 atom stereocenters. The molecular weight excluding hydrogens is 398 g/mol. The molecule has 5 rings (SSSR count). The van der Waals surface area contributed by atoms with Crippen LogP contribution in [0.25, 0.3) is 10.9 Å². The first-order valence-corrected chi connectivity index (χ1v) is 11.9. The highest BCUT2D eigenvalue weighted by molar-refractivity contribution is 5.95. The molecule has 3 aromatic rings. The van der Waals surface area contributed by atoms with E-state index in [9.17, 15) is 4.79 Å². The minimum atomic E-state index is -0.00509. The Hall–Kier alpha value is -2.86. The zero-order chi connectivity index (χ0) is 21.8. The van der Waals surface area contributed by atoms with Crippen LogP contribution in [0, 0.1) is 5.92 Å². The van der Waals surface area contributed by atoms with Crippen molar-refractivity contribution in [2.75, 3.05) is 13.1 Å². The van der Waals surface area contributed by atoms with Gasteiger partial charge in [0.2, 0.25) is 0 Å². The van der Waals surface area contributed by atoms with Crippen molar-refractivity contribution >= 4 is 16.8 Å². The monoisotopic (exact) mass is 429 g/mol. The van der Waals surface area contributed by atoms with Gasteiger partial charge in [-0.3, -0.25) is 14.7 Å². The lowest BCUT2D eigenvalue weighted by molar-refractivity contribution is 0.0935. The fraction of sp³-hybridized carbons (Fsp3) is 0.462. The van der Waals surface area contributed by atoms with Crippen molar-refractivity contribution in [3.63, 3.8) is 0 Å². The Morgan fingerprint density at radius 1 is 1.03 bits per heavy atom. The molecule has 166 valence electrons. The first kappa shape index (κ1) is 21.0. The lowest BCUT2D eigenvalue weighted by Crippen LogP contribution is -2.35. The van der Waals surface area contributed by atoms with Crippen molar-refractivity contribution in [2.24, 2.45) is 5.92 Å². The molecule has 0 bridgehead atoms. The molecule has 6 nitrogen and oxygen atoms in total. The smallest absolute Gasteiger partial charge is 0.254 e. The number of pyridine rings is 1. The van der Waals surface area contributed by atoms with Gasteiger partial charge < -0.3 is 5.32 Å². The van der Waals surface area contributed by atoms with E-state index < -0.39 is 0 Å². The van der Waals surface area contributed by atoms with Crippen LogP contribution < -0.4 is 5.32 Å². The number of benzene rings is 1. The molecule has 1 aliphatic heterocycles. The zero-order valence-corrected chi connectivity index (χ0v) is 18.5. The van der Waals surface area contributed by atoms with Gasteiger partial charge in [-0.25, -0.2) is 9.97 Å². The molecule has 1 saturated carbocycles. The predicted molar refractivity (Wildman–Crippen MR) is 125 cm³/mol. The Morgan fingerprint density at radius 3 is 2.69 bits per heavy atom. The van der Waals surface area contributed by atoms with Crippen molar-refractivity contribution in [1.82, 2.24) is 25.2 Å². The Morgan fingerprint density at radius 2 is 1.84 bits per heavy atom. The van der Waals surface area contributed by atoms with E-state index in [-0.39, 0.29) is 5.91 Å². The average Bonchev–Trinajstić information content (AvgIpc) is 3.34. The van der Waals surface area contributed by atoms with Gasteiger partial charge in [0, 0.05) is 30.4 Å². The number of para-hydroxylation sites is 1. The third-order valence-electron chi connectivity index (χ3n) is 7.05. The molecule has 6 heteroatoms. The van der Waals surface area contributed by atoms with E-state index in [1.54, 1.807) is 12.5 Å². The van der Waals surface area contributed by atoms with Gasteiger partial charge >= 0.3 is 0 Å². The number of nitrogens with zero attached hydrogens (tertiary/aromatic N) is 4. The van der Waals surface area contributed by atoms with E-state index in [1.165, 1.54) is 23.8 Å². The van der Waals surface area contributed by atoms with E-state index in [4.69, 9.17) is 0 Å². The number of carbonyl (C=O) groups excluding carboxylic acids is 1. The molecule has 1 aliphatic carbocycles. The number of rotatable bonds is 6. The second-order valence-electron chi connectivity index (χ2n) is 9.25. The van der Waals surface area contributed by atoms with Crippen LogP contribution in [0.5, 0.6) is 0 Å². The van der Waals surface area contributed by atoms with Crippen LogP contribution in [0.1, 0.15) is 60.1 Å². The summed E-state index contributed by atoms with van der Waals surface area (Å²) >= 11 is 0. The Kier molecular flexibility index (Phi) is 6.39. The van der Waals surface area contributed by atoms with Crippen molar-refractivity contribution in [1.29, 1.82) is 0 Å². The summed E-state index contributed by atoms with van der Waals surface area (Å²) in [6, 6.07) is 10.8. The van der Waals surface area contributed by atoms with Crippen LogP contribution in [-0.2, 0) is 13.0 Å². The van der Waals surface area contributed by atoms with Crippen LogP contribution >= 0.6 is 0 Å². The molecule has 32 heavy (non-hydrogen) atoms. The zero-order valence-electron chi connectivity index (χ0n) is 18.5. The SMILES string of the molecule is O=C(NC1CCCC1)c1cncnc1CC1CCN(Cc2ccnc3ccccc23)CC1. The van der Waals surface area contributed by atoms with Gasteiger partial charge in [0.15, 0.2) is 0 Å². The number of hydrogen-bond donors (Lipinski definition) is 1. The van der Waals surface area contributed by atoms with Crippen molar-refractivity contribution in [2.45, 2.75) is 57.5 Å². The van der Waals surface area contributed by atoms with Crippen LogP contribution in [-0.4, -0.2) is 44.9 Å². The van der Waals surface area contributed by atoms with Gasteiger partial charge in [0.1, 0.15) is 6.33 Å². The normalized spacial score (nSPS) is 18.2. The minimum absolute atomic E-state index is 0.00509. The lowest BCUT2D eigenvalue weighted by atomic mass is 9.90. The first-order valence-electron chi connectivity index (χ1n) is 11.9. The van der Waals surface area contributed by atoms with E-state index in [0.717, 1.165) is 62.9 Å². The van der Waals surface area contributed by atoms with E-state index in [1.807, 2.05) is 12.3 Å². The Bertz CT molecular complexity index is 1070. The van der Waals surface area contributed by atoms with Crippen molar-refractivity contribution in [3.8, 4) is 0 Å². The molecule has 1 saturated heterocycles. The van der Waals surface area contributed by atoms with Gasteiger partial charge in [0.05, 0.1) is 16.8 Å². The first-order chi connectivity index (χ1) is 15.8. The lowest BCUT2D eigenvalue weighted by Gasteiger charge is -2.32. The number of amides is 1. The fourth-order valence-corrected chi connectivity index (χ4v) is 5.20. The summed E-state index contributed by atoms with van der Waals surface area (Å²) in [5, 5.41) is 4.44. The van der Waals surface area contributed by atoms with Gasteiger partial charge in [-0.1, -0.05) is 31.0 Å². The number of likely N-dealkylation sites (tertiary alicyclic amines) is 1. The van der Waals surface area contributed by atoms with E-state index in [2.05, 4.69) is 49.4 Å². The van der Waals surface area contributed by atoms with Crippen LogP contribution in [0.15, 0.2) is 49.1 Å². The topological polar surface area (TPSA) is 71.0 Å². The second-order valence-corrected chi connectivity index (χ2v) is 9.25. The number of piperidine rings is 1. The van der Waals surface area contributed by atoms with Gasteiger partial charge in [-0.2, -0.15) is 0 Å². The van der Waals surface area contributed by atoms with Gasteiger partial charge in [0.25, 0.3) is 5.91 Å². The third-order valence-corrected chi connectivity index (χ3v) is 7.05. The maximum Gasteiger partial charge on any atom is 0.254 e. The Balaban J connectivity index is 1.19. The maximum atomic E-state index is 12.8. The molecular formula is C26H31N5O. The van der Waals surface area contributed by atoms with Gasteiger partial charge in [-0.15, -0.1) is 0 Å². The summed E-state index contributed by atoms with van der Waals surface area (Å²) in [7, 11) is 0. The minimum Gasteiger partial charge on any atom is -0.349 e. The largest absolute Gasteiger partial charge is 0.349 e. The summed E-state index contributed by atoms with van der Waals surface area (Å²) in [6.45, 7) is 3.09.